The van der Waals surface area contributed by atoms with Crippen LogP contribution in [0.4, 0.5) is 5.69 Å². The molecule has 1 N–H and O–H groups in total. The Bertz CT molecular complexity index is 528. The second-order valence-corrected chi connectivity index (χ2v) is 4.41. The number of para-hydroxylation sites is 1. The molecule has 0 radical (unpaired) electrons. The Morgan fingerprint density at radius 1 is 0.857 bits per heavy atom. The van der Waals surface area contributed by atoms with Crippen molar-refractivity contribution >= 4 is 11.7 Å². The molecule has 0 saturated heterocycles. The molecule has 0 unspecified atom stereocenters. The fraction of sp³-hybridized carbons (Fsp3) is 0.235. The zero-order valence-corrected chi connectivity index (χ0v) is 11.8. The summed E-state index contributed by atoms with van der Waals surface area (Å²) in [6.07, 6.45) is 0. The second kappa shape index (κ2) is 8.76. The molecule has 0 aliphatic carbocycles. The van der Waals surface area contributed by atoms with E-state index in [9.17, 15) is 4.79 Å². The van der Waals surface area contributed by atoms with Gasteiger partial charge in [0.05, 0.1) is 18.8 Å². The van der Waals surface area contributed by atoms with E-state index in [1.54, 1.807) is 12.1 Å². The van der Waals surface area contributed by atoms with Crippen LogP contribution in [0.2, 0.25) is 0 Å². The van der Waals surface area contributed by atoms with Crippen molar-refractivity contribution in [3.8, 4) is 0 Å². The van der Waals surface area contributed by atoms with Crippen LogP contribution in [0.1, 0.15) is 10.4 Å². The predicted molar refractivity (Wildman–Crippen MR) is 82.5 cm³/mol. The number of anilines is 1. The van der Waals surface area contributed by atoms with E-state index in [2.05, 4.69) is 5.32 Å². The number of benzene rings is 2. The molecule has 0 aromatic heterocycles. The SMILES string of the molecule is O=C(OCCOCCNc1ccccc1)c1ccccc1. The summed E-state index contributed by atoms with van der Waals surface area (Å²) in [5.74, 6) is -0.318. The molecule has 4 heteroatoms. The van der Waals surface area contributed by atoms with Gasteiger partial charge in [-0.05, 0) is 24.3 Å². The molecular formula is C17H19NO3. The van der Waals surface area contributed by atoms with Gasteiger partial charge in [-0.15, -0.1) is 0 Å². The van der Waals surface area contributed by atoms with Gasteiger partial charge in [-0.1, -0.05) is 36.4 Å². The van der Waals surface area contributed by atoms with Gasteiger partial charge >= 0.3 is 5.97 Å². The summed E-state index contributed by atoms with van der Waals surface area (Å²) in [6, 6.07) is 18.9. The fourth-order valence-electron chi connectivity index (χ4n) is 1.78. The number of carbonyl (C=O) groups excluding carboxylic acids is 1. The third kappa shape index (κ3) is 5.67. The standard InChI is InChI=1S/C17H19NO3/c19-17(15-7-3-1-4-8-15)21-14-13-20-12-11-18-16-9-5-2-6-10-16/h1-10,18H,11-14H2. The van der Waals surface area contributed by atoms with Crippen molar-refractivity contribution < 1.29 is 14.3 Å². The highest BCUT2D eigenvalue weighted by Gasteiger charge is 2.04. The van der Waals surface area contributed by atoms with E-state index in [-0.39, 0.29) is 12.6 Å². The van der Waals surface area contributed by atoms with Crippen molar-refractivity contribution in [2.75, 3.05) is 31.7 Å². The first-order valence-electron chi connectivity index (χ1n) is 6.95. The molecule has 2 aromatic carbocycles. The molecule has 0 saturated carbocycles. The Balaban J connectivity index is 1.51. The van der Waals surface area contributed by atoms with Gasteiger partial charge in [-0.3, -0.25) is 0 Å². The predicted octanol–water partition coefficient (Wildman–Crippen LogP) is 2.97. The lowest BCUT2D eigenvalue weighted by Crippen LogP contribution is -2.14. The molecule has 2 aromatic rings. The Labute approximate surface area is 124 Å². The minimum atomic E-state index is -0.318. The van der Waals surface area contributed by atoms with Crippen molar-refractivity contribution in [1.29, 1.82) is 0 Å². The first-order chi connectivity index (χ1) is 10.4. The highest BCUT2D eigenvalue weighted by atomic mass is 16.6. The number of ether oxygens (including phenoxy) is 2. The van der Waals surface area contributed by atoms with Crippen molar-refractivity contribution in [3.63, 3.8) is 0 Å². The molecule has 0 atom stereocenters. The molecule has 0 aliphatic rings. The van der Waals surface area contributed by atoms with Gasteiger partial charge in [0.2, 0.25) is 0 Å². The summed E-state index contributed by atoms with van der Waals surface area (Å²) in [5.41, 5.74) is 1.62. The molecule has 0 spiro atoms. The van der Waals surface area contributed by atoms with E-state index in [0.29, 0.717) is 18.8 Å². The maximum Gasteiger partial charge on any atom is 0.338 e. The molecule has 21 heavy (non-hydrogen) atoms. The summed E-state index contributed by atoms with van der Waals surface area (Å²) in [6.45, 7) is 1.95. The van der Waals surface area contributed by atoms with E-state index < -0.39 is 0 Å². The van der Waals surface area contributed by atoms with E-state index in [0.717, 1.165) is 12.2 Å². The van der Waals surface area contributed by atoms with Crippen LogP contribution in [-0.2, 0) is 9.47 Å². The molecular weight excluding hydrogens is 266 g/mol. The van der Waals surface area contributed by atoms with Crippen LogP contribution in [0.15, 0.2) is 60.7 Å². The third-order valence-corrected chi connectivity index (χ3v) is 2.82. The average Bonchev–Trinajstić information content (AvgIpc) is 2.55. The van der Waals surface area contributed by atoms with Crippen LogP contribution in [0.3, 0.4) is 0 Å². The monoisotopic (exact) mass is 285 g/mol. The number of nitrogens with one attached hydrogen (secondary N) is 1. The molecule has 0 amide bonds. The van der Waals surface area contributed by atoms with E-state index in [1.165, 1.54) is 0 Å². The summed E-state index contributed by atoms with van der Waals surface area (Å²) >= 11 is 0. The van der Waals surface area contributed by atoms with E-state index in [4.69, 9.17) is 9.47 Å². The Morgan fingerprint density at radius 2 is 1.52 bits per heavy atom. The largest absolute Gasteiger partial charge is 0.460 e. The van der Waals surface area contributed by atoms with Gasteiger partial charge < -0.3 is 14.8 Å². The minimum Gasteiger partial charge on any atom is -0.460 e. The first-order valence-corrected chi connectivity index (χ1v) is 6.95. The zero-order valence-electron chi connectivity index (χ0n) is 11.8. The second-order valence-electron chi connectivity index (χ2n) is 4.41. The molecule has 0 aliphatic heterocycles. The number of rotatable bonds is 8. The Kier molecular flexibility index (Phi) is 6.29. The smallest absolute Gasteiger partial charge is 0.338 e. The van der Waals surface area contributed by atoms with E-state index in [1.807, 2.05) is 48.5 Å². The van der Waals surface area contributed by atoms with Crippen LogP contribution in [0, 0.1) is 0 Å². The normalized spacial score (nSPS) is 10.1. The van der Waals surface area contributed by atoms with Crippen LogP contribution < -0.4 is 5.32 Å². The molecule has 4 nitrogen and oxygen atoms in total. The number of hydrogen-bond donors (Lipinski definition) is 1. The van der Waals surface area contributed by atoms with E-state index >= 15 is 0 Å². The molecule has 2 rings (SSSR count). The van der Waals surface area contributed by atoms with Gasteiger partial charge in [0.1, 0.15) is 6.61 Å². The Hall–Kier alpha value is -2.33. The number of carbonyl (C=O) groups is 1. The third-order valence-electron chi connectivity index (χ3n) is 2.82. The van der Waals surface area contributed by atoms with Crippen molar-refractivity contribution in [1.82, 2.24) is 0 Å². The maximum absolute atomic E-state index is 11.6. The van der Waals surface area contributed by atoms with Gasteiger partial charge in [0.15, 0.2) is 0 Å². The highest BCUT2D eigenvalue weighted by Crippen LogP contribution is 2.03. The minimum absolute atomic E-state index is 0.263. The van der Waals surface area contributed by atoms with Crippen LogP contribution in [-0.4, -0.2) is 32.3 Å². The quantitative estimate of drug-likeness (QED) is 0.598. The summed E-state index contributed by atoms with van der Waals surface area (Å²) in [5, 5.41) is 3.24. The average molecular weight is 285 g/mol. The van der Waals surface area contributed by atoms with Gasteiger partial charge in [0.25, 0.3) is 0 Å². The summed E-state index contributed by atoms with van der Waals surface area (Å²) < 4.78 is 10.5. The van der Waals surface area contributed by atoms with Crippen LogP contribution in [0.5, 0.6) is 0 Å². The maximum atomic E-state index is 11.6. The Morgan fingerprint density at radius 3 is 2.24 bits per heavy atom. The number of esters is 1. The van der Waals surface area contributed by atoms with Gasteiger partial charge in [-0.25, -0.2) is 4.79 Å². The molecule has 110 valence electrons. The topological polar surface area (TPSA) is 47.6 Å². The lowest BCUT2D eigenvalue weighted by Gasteiger charge is -2.08. The highest BCUT2D eigenvalue weighted by molar-refractivity contribution is 5.89. The molecule has 0 bridgehead atoms. The van der Waals surface area contributed by atoms with Gasteiger partial charge in [0, 0.05) is 12.2 Å². The summed E-state index contributed by atoms with van der Waals surface area (Å²) in [4.78, 5) is 11.6. The van der Waals surface area contributed by atoms with Crippen LogP contribution in [0.25, 0.3) is 0 Å². The summed E-state index contributed by atoms with van der Waals surface area (Å²) in [7, 11) is 0. The lowest BCUT2D eigenvalue weighted by atomic mass is 10.2. The van der Waals surface area contributed by atoms with Crippen LogP contribution >= 0.6 is 0 Å². The van der Waals surface area contributed by atoms with Crippen molar-refractivity contribution in [2.24, 2.45) is 0 Å². The van der Waals surface area contributed by atoms with Crippen molar-refractivity contribution in [2.45, 2.75) is 0 Å². The molecule has 0 fully saturated rings. The molecule has 0 heterocycles. The van der Waals surface area contributed by atoms with Crippen molar-refractivity contribution in [3.05, 3.63) is 66.2 Å². The fourth-order valence-corrected chi connectivity index (χ4v) is 1.78. The number of hydrogen-bond acceptors (Lipinski definition) is 4. The lowest BCUT2D eigenvalue weighted by molar-refractivity contribution is 0.0331. The first kappa shape index (κ1) is 15.1. The zero-order chi connectivity index (χ0) is 14.8. The van der Waals surface area contributed by atoms with Gasteiger partial charge in [-0.2, -0.15) is 0 Å².